The molecule has 0 saturated heterocycles. The molecule has 0 fully saturated rings. The van der Waals surface area contributed by atoms with Gasteiger partial charge in [0.1, 0.15) is 0 Å². The van der Waals surface area contributed by atoms with Crippen molar-refractivity contribution >= 4 is 23.4 Å². The Hall–Kier alpha value is -1.04. The van der Waals surface area contributed by atoms with Crippen LogP contribution in [0, 0.1) is 11.6 Å². The van der Waals surface area contributed by atoms with E-state index in [0.717, 1.165) is 18.2 Å². The molecule has 1 atom stereocenters. The molecule has 0 spiro atoms. The molecule has 0 aliphatic rings. The molecule has 17 heavy (non-hydrogen) atoms. The molecule has 0 saturated carbocycles. The minimum atomic E-state index is -0.688. The summed E-state index contributed by atoms with van der Waals surface area (Å²) < 4.78 is 26.6. The highest BCUT2D eigenvalue weighted by Gasteiger charge is 2.12. The van der Waals surface area contributed by atoms with E-state index in [1.807, 2.05) is 13.2 Å². The van der Waals surface area contributed by atoms with Gasteiger partial charge in [0, 0.05) is 19.2 Å². The van der Waals surface area contributed by atoms with Crippen LogP contribution in [0.15, 0.2) is 6.07 Å². The van der Waals surface area contributed by atoms with Crippen molar-refractivity contribution in [2.45, 2.75) is 19.4 Å². The van der Waals surface area contributed by atoms with E-state index < -0.39 is 11.6 Å². The normalized spacial score (nSPS) is 12.3. The molecule has 1 rings (SSSR count). The first-order valence-corrected chi connectivity index (χ1v) is 6.77. The highest BCUT2D eigenvalue weighted by Crippen LogP contribution is 2.19. The molecular formula is C11H17F2N3S. The molecule has 1 heterocycles. The van der Waals surface area contributed by atoms with Crippen LogP contribution in [0.2, 0.25) is 0 Å². The Labute approximate surface area is 104 Å². The predicted molar refractivity (Wildman–Crippen MR) is 69.8 cm³/mol. The molecule has 0 amide bonds. The molecule has 6 heteroatoms. The maximum atomic E-state index is 13.5. The number of aromatic nitrogens is 1. The molecule has 1 aromatic rings. The Kier molecular flexibility index (Phi) is 5.47. The van der Waals surface area contributed by atoms with E-state index in [4.69, 9.17) is 0 Å². The summed E-state index contributed by atoms with van der Waals surface area (Å²) in [5.74, 6) is -0.240. The van der Waals surface area contributed by atoms with Crippen LogP contribution in [0.1, 0.15) is 13.3 Å². The van der Waals surface area contributed by atoms with Crippen molar-refractivity contribution in [3.8, 4) is 0 Å². The van der Waals surface area contributed by atoms with Crippen LogP contribution in [-0.2, 0) is 0 Å². The van der Waals surface area contributed by atoms with Gasteiger partial charge in [-0.15, -0.1) is 0 Å². The van der Waals surface area contributed by atoms with Gasteiger partial charge in [-0.05, 0) is 25.4 Å². The minimum absolute atomic E-state index is 0.0472. The van der Waals surface area contributed by atoms with E-state index in [0.29, 0.717) is 0 Å². The van der Waals surface area contributed by atoms with Crippen LogP contribution in [0.25, 0.3) is 0 Å². The zero-order valence-electron chi connectivity index (χ0n) is 10.2. The lowest BCUT2D eigenvalue weighted by Crippen LogP contribution is -2.18. The number of nitrogens with zero attached hydrogens (tertiary/aromatic N) is 1. The van der Waals surface area contributed by atoms with Crippen molar-refractivity contribution < 1.29 is 8.78 Å². The van der Waals surface area contributed by atoms with Crippen molar-refractivity contribution in [2.75, 3.05) is 29.7 Å². The summed E-state index contributed by atoms with van der Waals surface area (Å²) in [6.07, 6.45) is 2.91. The van der Waals surface area contributed by atoms with Crippen LogP contribution >= 0.6 is 11.8 Å². The lowest BCUT2D eigenvalue weighted by atomic mass is 10.2. The Bertz CT molecular complexity index is 374. The molecule has 2 N–H and O–H groups in total. The lowest BCUT2D eigenvalue weighted by molar-refractivity contribution is 0.576. The molecule has 0 aliphatic heterocycles. The molecule has 1 unspecified atom stereocenters. The Morgan fingerprint density at radius 3 is 2.59 bits per heavy atom. The Morgan fingerprint density at radius 2 is 2.00 bits per heavy atom. The Balaban J connectivity index is 2.76. The van der Waals surface area contributed by atoms with Gasteiger partial charge in [0.15, 0.2) is 23.3 Å². The van der Waals surface area contributed by atoms with Crippen LogP contribution in [0.3, 0.4) is 0 Å². The maximum absolute atomic E-state index is 13.5. The van der Waals surface area contributed by atoms with Crippen molar-refractivity contribution in [3.05, 3.63) is 17.7 Å². The zero-order chi connectivity index (χ0) is 12.8. The minimum Gasteiger partial charge on any atom is -0.371 e. The van der Waals surface area contributed by atoms with Gasteiger partial charge in [-0.3, -0.25) is 0 Å². The summed E-state index contributed by atoms with van der Waals surface area (Å²) in [5, 5.41) is 5.52. The van der Waals surface area contributed by atoms with Crippen molar-refractivity contribution in [1.29, 1.82) is 0 Å². The van der Waals surface area contributed by atoms with Gasteiger partial charge >= 0.3 is 0 Å². The number of rotatable bonds is 6. The molecule has 96 valence electrons. The predicted octanol–water partition coefficient (Wildman–Crippen LogP) is 2.96. The second-order valence-electron chi connectivity index (χ2n) is 3.73. The van der Waals surface area contributed by atoms with Crippen LogP contribution in [0.4, 0.5) is 20.4 Å². The number of anilines is 2. The SMILES string of the molecule is CNc1nc(NC(C)CCSC)c(F)cc1F. The number of thioether (sulfide) groups is 1. The quantitative estimate of drug-likeness (QED) is 0.825. The summed E-state index contributed by atoms with van der Waals surface area (Å²) in [5.41, 5.74) is 0. The van der Waals surface area contributed by atoms with E-state index in [9.17, 15) is 8.78 Å². The third-order valence-electron chi connectivity index (χ3n) is 2.30. The van der Waals surface area contributed by atoms with Crippen molar-refractivity contribution in [1.82, 2.24) is 4.98 Å². The molecular weight excluding hydrogens is 244 g/mol. The standard InChI is InChI=1S/C11H17F2N3S/c1-7(4-5-17-3)15-11-9(13)6-8(12)10(14-2)16-11/h6-7H,4-5H2,1-3H3,(H2,14,15,16). The number of hydrogen-bond donors (Lipinski definition) is 2. The van der Waals surface area contributed by atoms with E-state index in [1.165, 1.54) is 0 Å². The summed E-state index contributed by atoms with van der Waals surface area (Å²) in [6, 6.07) is 0.933. The highest BCUT2D eigenvalue weighted by molar-refractivity contribution is 7.98. The van der Waals surface area contributed by atoms with E-state index in [1.54, 1.807) is 18.8 Å². The Morgan fingerprint density at radius 1 is 1.35 bits per heavy atom. The average Bonchev–Trinajstić information content (AvgIpc) is 2.30. The first kappa shape index (κ1) is 14.0. The van der Waals surface area contributed by atoms with Gasteiger partial charge in [0.25, 0.3) is 0 Å². The topological polar surface area (TPSA) is 37.0 Å². The molecule has 1 aromatic heterocycles. The number of halogens is 2. The third kappa shape index (κ3) is 4.03. The lowest BCUT2D eigenvalue weighted by Gasteiger charge is -2.15. The van der Waals surface area contributed by atoms with E-state index in [2.05, 4.69) is 15.6 Å². The maximum Gasteiger partial charge on any atom is 0.168 e. The van der Waals surface area contributed by atoms with Crippen LogP contribution in [0.5, 0.6) is 0 Å². The monoisotopic (exact) mass is 261 g/mol. The summed E-state index contributed by atoms with van der Waals surface area (Å²) >= 11 is 1.73. The van der Waals surface area contributed by atoms with Gasteiger partial charge < -0.3 is 10.6 Å². The average molecular weight is 261 g/mol. The number of hydrogen-bond acceptors (Lipinski definition) is 4. The first-order valence-electron chi connectivity index (χ1n) is 5.37. The van der Waals surface area contributed by atoms with Gasteiger partial charge in [-0.1, -0.05) is 0 Å². The van der Waals surface area contributed by atoms with Gasteiger partial charge in [-0.2, -0.15) is 11.8 Å². The van der Waals surface area contributed by atoms with Gasteiger partial charge in [-0.25, -0.2) is 13.8 Å². The molecule has 0 radical (unpaired) electrons. The molecule has 0 aliphatic carbocycles. The van der Waals surface area contributed by atoms with E-state index >= 15 is 0 Å². The molecule has 0 bridgehead atoms. The first-order chi connectivity index (χ1) is 8.08. The van der Waals surface area contributed by atoms with E-state index in [-0.39, 0.29) is 17.7 Å². The number of pyridine rings is 1. The number of nitrogens with one attached hydrogen (secondary N) is 2. The van der Waals surface area contributed by atoms with Crippen LogP contribution < -0.4 is 10.6 Å². The fourth-order valence-corrected chi connectivity index (χ4v) is 1.93. The summed E-state index contributed by atoms with van der Waals surface area (Å²) in [7, 11) is 1.55. The summed E-state index contributed by atoms with van der Waals surface area (Å²) in [4.78, 5) is 3.86. The molecule has 3 nitrogen and oxygen atoms in total. The van der Waals surface area contributed by atoms with Crippen LogP contribution in [-0.4, -0.2) is 30.1 Å². The van der Waals surface area contributed by atoms with Gasteiger partial charge in [0.2, 0.25) is 0 Å². The van der Waals surface area contributed by atoms with Crippen molar-refractivity contribution in [3.63, 3.8) is 0 Å². The molecule has 0 aromatic carbocycles. The highest BCUT2D eigenvalue weighted by atomic mass is 32.2. The second-order valence-corrected chi connectivity index (χ2v) is 4.71. The largest absolute Gasteiger partial charge is 0.371 e. The van der Waals surface area contributed by atoms with Crippen molar-refractivity contribution in [2.24, 2.45) is 0 Å². The second kappa shape index (κ2) is 6.64. The zero-order valence-corrected chi connectivity index (χ0v) is 11.0. The fraction of sp³-hybridized carbons (Fsp3) is 0.545. The third-order valence-corrected chi connectivity index (χ3v) is 2.95. The smallest absolute Gasteiger partial charge is 0.168 e. The van der Waals surface area contributed by atoms with Gasteiger partial charge in [0.05, 0.1) is 0 Å². The summed E-state index contributed by atoms with van der Waals surface area (Å²) in [6.45, 7) is 1.94. The fourth-order valence-electron chi connectivity index (χ4n) is 1.34.